The normalized spacial score (nSPS) is 13.4. The fourth-order valence-electron chi connectivity index (χ4n) is 3.73. The van der Waals surface area contributed by atoms with Gasteiger partial charge >= 0.3 is 5.97 Å². The predicted octanol–water partition coefficient (Wildman–Crippen LogP) is 2.14. The van der Waals surface area contributed by atoms with Crippen molar-refractivity contribution in [2.24, 2.45) is 7.05 Å². The van der Waals surface area contributed by atoms with Crippen molar-refractivity contribution in [3.05, 3.63) is 52.8 Å². The molecule has 1 amide bonds. The van der Waals surface area contributed by atoms with Crippen LogP contribution in [0.25, 0.3) is 0 Å². The van der Waals surface area contributed by atoms with E-state index >= 15 is 0 Å². The highest BCUT2D eigenvalue weighted by atomic mass is 16.4. The Morgan fingerprint density at radius 3 is 2.81 bits per heavy atom. The molecule has 0 unspecified atom stereocenters. The Labute approximate surface area is 153 Å². The van der Waals surface area contributed by atoms with Crippen molar-refractivity contribution in [2.75, 3.05) is 24.5 Å². The second-order valence-electron chi connectivity index (χ2n) is 6.80. The van der Waals surface area contributed by atoms with Gasteiger partial charge in [0.1, 0.15) is 0 Å². The van der Waals surface area contributed by atoms with E-state index in [0.29, 0.717) is 17.8 Å². The Morgan fingerprint density at radius 1 is 1.27 bits per heavy atom. The number of para-hydroxylation sites is 1. The van der Waals surface area contributed by atoms with Crippen molar-refractivity contribution >= 4 is 17.6 Å². The summed E-state index contributed by atoms with van der Waals surface area (Å²) in [5.74, 6) is -1.14. The molecule has 2 N–H and O–H groups in total. The third kappa shape index (κ3) is 3.74. The van der Waals surface area contributed by atoms with E-state index in [2.05, 4.69) is 28.4 Å². The molecule has 0 spiro atoms. The molecule has 0 radical (unpaired) electrons. The number of nitrogens with one attached hydrogen (secondary N) is 1. The molecule has 2 heterocycles. The van der Waals surface area contributed by atoms with Crippen LogP contribution in [0, 0.1) is 6.92 Å². The molecule has 26 heavy (non-hydrogen) atoms. The molecular weight excluding hydrogens is 330 g/mol. The molecular formula is C20H25N3O3. The fraction of sp³-hybridized carbons (Fsp3) is 0.400. The molecule has 1 aliphatic heterocycles. The molecule has 0 saturated heterocycles. The van der Waals surface area contributed by atoms with Crippen LogP contribution in [0.3, 0.4) is 0 Å². The monoisotopic (exact) mass is 355 g/mol. The third-order valence-electron chi connectivity index (χ3n) is 4.95. The summed E-state index contributed by atoms with van der Waals surface area (Å²) in [5.41, 5.74) is 4.05. The Hall–Kier alpha value is -2.76. The maximum atomic E-state index is 12.3. The van der Waals surface area contributed by atoms with Crippen LogP contribution in [0.1, 0.15) is 33.6 Å². The number of aromatic nitrogens is 1. The summed E-state index contributed by atoms with van der Waals surface area (Å²) in [6, 6.07) is 8.39. The van der Waals surface area contributed by atoms with E-state index in [0.717, 1.165) is 25.9 Å². The van der Waals surface area contributed by atoms with Gasteiger partial charge in [0, 0.05) is 44.3 Å². The summed E-state index contributed by atoms with van der Waals surface area (Å²) >= 11 is 0. The van der Waals surface area contributed by atoms with Crippen molar-refractivity contribution < 1.29 is 14.7 Å². The number of carboxylic acid groups (broad SMARTS) is 1. The number of carboxylic acids is 1. The summed E-state index contributed by atoms with van der Waals surface area (Å²) < 4.78 is 1.72. The number of aryl methyl sites for hydroxylation is 3. The first-order valence-electron chi connectivity index (χ1n) is 8.95. The van der Waals surface area contributed by atoms with E-state index in [1.165, 1.54) is 11.3 Å². The summed E-state index contributed by atoms with van der Waals surface area (Å²) in [7, 11) is 1.77. The maximum Gasteiger partial charge on any atom is 0.337 e. The molecule has 0 atom stereocenters. The van der Waals surface area contributed by atoms with Gasteiger partial charge in [-0.2, -0.15) is 0 Å². The highest BCUT2D eigenvalue weighted by Crippen LogP contribution is 2.26. The largest absolute Gasteiger partial charge is 0.478 e. The molecule has 1 aliphatic rings. The summed E-state index contributed by atoms with van der Waals surface area (Å²) in [5, 5.41) is 12.3. The number of anilines is 1. The number of amides is 1. The van der Waals surface area contributed by atoms with Crippen molar-refractivity contribution in [3.8, 4) is 0 Å². The smallest absolute Gasteiger partial charge is 0.337 e. The lowest BCUT2D eigenvalue weighted by atomic mass is 10.0. The summed E-state index contributed by atoms with van der Waals surface area (Å²) in [6.45, 7) is 4.03. The number of hydrogen-bond acceptors (Lipinski definition) is 3. The Kier molecular flexibility index (Phi) is 5.30. The Balaban J connectivity index is 1.57. The molecule has 3 rings (SSSR count). The van der Waals surface area contributed by atoms with Crippen LogP contribution < -0.4 is 10.2 Å². The van der Waals surface area contributed by atoms with Crippen LogP contribution in [0.5, 0.6) is 0 Å². The van der Waals surface area contributed by atoms with Gasteiger partial charge in [-0.1, -0.05) is 18.2 Å². The zero-order chi connectivity index (χ0) is 18.7. The molecule has 1 aromatic carbocycles. The van der Waals surface area contributed by atoms with E-state index in [1.807, 2.05) is 6.07 Å². The van der Waals surface area contributed by atoms with E-state index in [4.69, 9.17) is 0 Å². The van der Waals surface area contributed by atoms with Crippen LogP contribution >= 0.6 is 0 Å². The Bertz CT molecular complexity index is 826. The van der Waals surface area contributed by atoms with Crippen LogP contribution in [0.2, 0.25) is 0 Å². The first-order chi connectivity index (χ1) is 12.5. The van der Waals surface area contributed by atoms with Gasteiger partial charge in [0.25, 0.3) is 0 Å². The maximum absolute atomic E-state index is 12.3. The number of fused-ring (bicyclic) bond motifs is 1. The van der Waals surface area contributed by atoms with Crippen LogP contribution in [-0.4, -0.2) is 41.2 Å². The lowest BCUT2D eigenvalue weighted by Gasteiger charge is -2.31. The molecule has 0 bridgehead atoms. The van der Waals surface area contributed by atoms with Crippen molar-refractivity contribution in [2.45, 2.75) is 26.2 Å². The number of benzene rings is 1. The zero-order valence-electron chi connectivity index (χ0n) is 15.3. The first kappa shape index (κ1) is 18.0. The molecule has 1 aromatic heterocycles. The van der Waals surface area contributed by atoms with Gasteiger partial charge in [0.15, 0.2) is 0 Å². The van der Waals surface area contributed by atoms with Gasteiger partial charge in [-0.3, -0.25) is 4.79 Å². The topological polar surface area (TPSA) is 74.6 Å². The van der Waals surface area contributed by atoms with Crippen molar-refractivity contribution in [1.29, 1.82) is 0 Å². The molecule has 138 valence electrons. The molecule has 0 saturated carbocycles. The highest BCUT2D eigenvalue weighted by molar-refractivity contribution is 5.93. The highest BCUT2D eigenvalue weighted by Gasteiger charge is 2.20. The first-order valence-corrected chi connectivity index (χ1v) is 8.95. The predicted molar refractivity (Wildman–Crippen MR) is 101 cm³/mol. The van der Waals surface area contributed by atoms with E-state index in [9.17, 15) is 14.7 Å². The van der Waals surface area contributed by atoms with Crippen LogP contribution in [-0.2, 0) is 24.7 Å². The van der Waals surface area contributed by atoms with Gasteiger partial charge in [-0.15, -0.1) is 0 Å². The van der Waals surface area contributed by atoms with Crippen molar-refractivity contribution in [3.63, 3.8) is 0 Å². The zero-order valence-corrected chi connectivity index (χ0v) is 15.3. The number of carbonyl (C=O) groups excluding carboxylic acids is 1. The average molecular weight is 355 g/mol. The van der Waals surface area contributed by atoms with Crippen LogP contribution in [0.4, 0.5) is 5.69 Å². The number of hydrogen-bond donors (Lipinski definition) is 2. The fourth-order valence-corrected chi connectivity index (χ4v) is 3.73. The second-order valence-corrected chi connectivity index (χ2v) is 6.80. The molecule has 0 aliphatic carbocycles. The number of aromatic carboxylic acids is 1. The quantitative estimate of drug-likeness (QED) is 0.833. The number of rotatable bonds is 6. The molecule has 2 aromatic rings. The van der Waals surface area contributed by atoms with Gasteiger partial charge in [0.05, 0.1) is 12.0 Å². The van der Waals surface area contributed by atoms with E-state index < -0.39 is 5.97 Å². The molecule has 6 nitrogen and oxygen atoms in total. The number of carbonyl (C=O) groups is 2. The van der Waals surface area contributed by atoms with Gasteiger partial charge in [-0.05, 0) is 37.0 Å². The van der Waals surface area contributed by atoms with E-state index in [-0.39, 0.29) is 17.9 Å². The third-order valence-corrected chi connectivity index (χ3v) is 4.95. The lowest BCUT2D eigenvalue weighted by molar-refractivity contribution is -0.120. The van der Waals surface area contributed by atoms with Gasteiger partial charge in [-0.25, -0.2) is 4.79 Å². The molecule has 0 fully saturated rings. The van der Waals surface area contributed by atoms with Gasteiger partial charge in [0.2, 0.25) is 5.91 Å². The van der Waals surface area contributed by atoms with Gasteiger partial charge < -0.3 is 19.9 Å². The van der Waals surface area contributed by atoms with Crippen LogP contribution in [0.15, 0.2) is 30.5 Å². The standard InChI is InChI=1S/C20H25N3O3/c1-14-13-22(2)17(19(14)20(25)26)12-18(24)21-9-11-23-10-5-7-15-6-3-4-8-16(15)23/h3-4,6,8,13H,5,7,9-12H2,1-2H3,(H,21,24)(H,25,26). The Morgan fingerprint density at radius 2 is 2.04 bits per heavy atom. The minimum Gasteiger partial charge on any atom is -0.478 e. The van der Waals surface area contributed by atoms with Crippen molar-refractivity contribution in [1.82, 2.24) is 9.88 Å². The minimum absolute atomic E-state index is 0.0720. The average Bonchev–Trinajstić information content (AvgIpc) is 2.88. The lowest BCUT2D eigenvalue weighted by Crippen LogP contribution is -2.38. The summed E-state index contributed by atoms with van der Waals surface area (Å²) in [4.78, 5) is 26.0. The minimum atomic E-state index is -0.990. The molecule has 6 heteroatoms. The summed E-state index contributed by atoms with van der Waals surface area (Å²) in [6.07, 6.45) is 4.04. The van der Waals surface area contributed by atoms with E-state index in [1.54, 1.807) is 24.7 Å². The number of nitrogens with zero attached hydrogens (tertiary/aromatic N) is 2. The SMILES string of the molecule is Cc1cn(C)c(CC(=O)NCCN2CCCc3ccccc32)c1C(=O)O. The second kappa shape index (κ2) is 7.64.